The molecule has 0 aliphatic carbocycles. The Morgan fingerprint density at radius 3 is 1.36 bits per heavy atom. The van der Waals surface area contributed by atoms with Crippen LogP contribution < -0.4 is 0 Å². The van der Waals surface area contributed by atoms with Gasteiger partial charge in [0.15, 0.2) is 0 Å². The zero-order chi connectivity index (χ0) is 46.1. The molecule has 0 fully saturated rings. The molecule has 5 nitrogen and oxygen atoms in total. The number of fused-ring (bicyclic) bond motifs is 6. The van der Waals surface area contributed by atoms with Gasteiger partial charge in [0.25, 0.3) is 0 Å². The Bertz CT molecular complexity index is 4060. The number of para-hydroxylation sites is 6. The predicted octanol–water partition coefficient (Wildman–Crippen LogP) is 17.3. The van der Waals surface area contributed by atoms with Crippen LogP contribution in [-0.2, 0) is 0 Å². The van der Waals surface area contributed by atoms with E-state index in [1.54, 1.807) is 11.3 Å². The van der Waals surface area contributed by atoms with Crippen LogP contribution in [0.2, 0.25) is 0 Å². The molecule has 328 valence electrons. The molecule has 0 amide bonds. The molecule has 4 aromatic heterocycles. The lowest BCUT2D eigenvalue weighted by Gasteiger charge is -2.12. The highest BCUT2D eigenvalue weighted by molar-refractivity contribution is 7.26. The molecule has 0 saturated carbocycles. The third-order valence-corrected chi connectivity index (χ3v) is 15.8. The summed E-state index contributed by atoms with van der Waals surface area (Å²) < 4.78 is 8.28. The van der Waals surface area contributed by atoms with Crippen molar-refractivity contribution in [3.8, 4) is 78.1 Å². The molecule has 0 saturated heterocycles. The van der Waals surface area contributed by atoms with Crippen LogP contribution in [0, 0.1) is 0 Å². The number of nitrogens with zero attached hydrogens (tertiary/aromatic N) is 5. The van der Waals surface area contributed by atoms with Crippen LogP contribution in [0.15, 0.2) is 237 Å². The van der Waals surface area contributed by atoms with Crippen molar-refractivity contribution in [3.63, 3.8) is 0 Å². The van der Waals surface area contributed by atoms with E-state index in [0.717, 1.165) is 99.3 Å². The Morgan fingerprint density at radius 1 is 0.300 bits per heavy atom. The van der Waals surface area contributed by atoms with Gasteiger partial charge < -0.3 is 0 Å². The molecular formula is C63H39N5S2. The molecule has 70 heavy (non-hydrogen) atoms. The van der Waals surface area contributed by atoms with Gasteiger partial charge in [-0.2, -0.15) is 0 Å². The fraction of sp³-hybridized carbons (Fsp3) is 0. The Kier molecular flexibility index (Phi) is 9.50. The molecule has 14 aromatic rings. The largest absolute Gasteiger partial charge is 0.292 e. The van der Waals surface area contributed by atoms with E-state index in [2.05, 4.69) is 240 Å². The summed E-state index contributed by atoms with van der Waals surface area (Å²) in [6.45, 7) is 0. The number of hydrogen-bond donors (Lipinski definition) is 0. The normalized spacial score (nSPS) is 11.7. The fourth-order valence-corrected chi connectivity index (χ4v) is 12.4. The van der Waals surface area contributed by atoms with Crippen molar-refractivity contribution in [1.82, 2.24) is 24.1 Å². The van der Waals surface area contributed by atoms with E-state index in [-0.39, 0.29) is 0 Å². The summed E-state index contributed by atoms with van der Waals surface area (Å²) in [5.41, 5.74) is 17.3. The number of thiophene rings is 1. The molecular weight excluding hydrogens is 891 g/mol. The standard InChI is InChI=1S/C63H39N5S2/c1-3-14-46(15-4-1)67-55-23-10-8-21-53(55)64-61(67)43-32-26-40(27-33-43)48-38-39-50(42-28-34-44(35-29-42)62-65-54-22-9-11-24-56(54)68(62)47-16-5-2-6-17-47)60-58(48)66-63(70-60)45-36-30-41(31-37-45)49-19-13-20-52-51-18-7-12-25-57(51)69-59(49)52/h1-39H. The predicted molar refractivity (Wildman–Crippen MR) is 294 cm³/mol. The van der Waals surface area contributed by atoms with Gasteiger partial charge in [0.1, 0.15) is 16.7 Å². The molecule has 0 N–H and O–H groups in total. The summed E-state index contributed by atoms with van der Waals surface area (Å²) in [6.07, 6.45) is 0. The summed E-state index contributed by atoms with van der Waals surface area (Å²) in [7, 11) is 0. The molecule has 14 rings (SSSR count). The first-order chi connectivity index (χ1) is 34.7. The average Bonchev–Trinajstić information content (AvgIpc) is 4.24. The lowest BCUT2D eigenvalue weighted by molar-refractivity contribution is 1.10. The zero-order valence-corrected chi connectivity index (χ0v) is 39.2. The summed E-state index contributed by atoms with van der Waals surface area (Å²) in [4.78, 5) is 15.8. The number of rotatable bonds is 8. The molecule has 0 aliphatic rings. The van der Waals surface area contributed by atoms with Crippen molar-refractivity contribution < 1.29 is 0 Å². The summed E-state index contributed by atoms with van der Waals surface area (Å²) in [5.74, 6) is 1.82. The third kappa shape index (κ3) is 6.70. The zero-order valence-electron chi connectivity index (χ0n) is 37.6. The van der Waals surface area contributed by atoms with Gasteiger partial charge in [-0.1, -0.05) is 182 Å². The average molecular weight is 930 g/mol. The van der Waals surface area contributed by atoms with Crippen LogP contribution in [0.25, 0.3) is 131 Å². The maximum Gasteiger partial charge on any atom is 0.145 e. The van der Waals surface area contributed by atoms with Gasteiger partial charge >= 0.3 is 0 Å². The van der Waals surface area contributed by atoms with Crippen molar-refractivity contribution in [1.29, 1.82) is 0 Å². The molecule has 7 heteroatoms. The Balaban J connectivity index is 0.878. The van der Waals surface area contributed by atoms with Crippen LogP contribution in [0.3, 0.4) is 0 Å². The maximum absolute atomic E-state index is 5.52. The second-order valence-electron chi connectivity index (χ2n) is 17.6. The molecule has 0 atom stereocenters. The quantitative estimate of drug-likeness (QED) is 0.153. The van der Waals surface area contributed by atoms with Gasteiger partial charge in [0.05, 0.1) is 32.3 Å². The van der Waals surface area contributed by atoms with Gasteiger partial charge in [0, 0.05) is 59.4 Å². The minimum absolute atomic E-state index is 0.908. The second kappa shape index (κ2) is 16.5. The van der Waals surface area contributed by atoms with Crippen molar-refractivity contribution in [2.45, 2.75) is 0 Å². The molecule has 0 radical (unpaired) electrons. The van der Waals surface area contributed by atoms with E-state index < -0.39 is 0 Å². The van der Waals surface area contributed by atoms with Crippen molar-refractivity contribution in [2.24, 2.45) is 0 Å². The van der Waals surface area contributed by atoms with E-state index in [0.29, 0.717) is 0 Å². The molecule has 0 aliphatic heterocycles. The topological polar surface area (TPSA) is 48.5 Å². The van der Waals surface area contributed by atoms with Crippen LogP contribution in [-0.4, -0.2) is 24.1 Å². The van der Waals surface area contributed by atoms with Gasteiger partial charge in [0.2, 0.25) is 0 Å². The maximum atomic E-state index is 5.52. The van der Waals surface area contributed by atoms with Crippen molar-refractivity contribution >= 4 is 75.1 Å². The summed E-state index contributed by atoms with van der Waals surface area (Å²) in [6, 6.07) is 84.2. The lowest BCUT2D eigenvalue weighted by atomic mass is 9.97. The first-order valence-corrected chi connectivity index (χ1v) is 25.1. The van der Waals surface area contributed by atoms with E-state index in [1.165, 1.54) is 31.3 Å². The first kappa shape index (κ1) is 40.3. The molecule has 0 spiro atoms. The highest BCUT2D eigenvalue weighted by Crippen LogP contribution is 2.44. The second-order valence-corrected chi connectivity index (χ2v) is 19.6. The Hall–Kier alpha value is -8.75. The van der Waals surface area contributed by atoms with Crippen LogP contribution in [0.5, 0.6) is 0 Å². The Labute approximate surface area is 411 Å². The third-order valence-electron chi connectivity index (χ3n) is 13.4. The minimum Gasteiger partial charge on any atom is -0.292 e. The van der Waals surface area contributed by atoms with E-state index in [1.807, 2.05) is 17.4 Å². The highest BCUT2D eigenvalue weighted by Gasteiger charge is 2.20. The highest BCUT2D eigenvalue weighted by atomic mass is 32.1. The van der Waals surface area contributed by atoms with E-state index >= 15 is 0 Å². The molecule has 4 heterocycles. The summed E-state index contributed by atoms with van der Waals surface area (Å²) >= 11 is 3.62. The van der Waals surface area contributed by atoms with Crippen molar-refractivity contribution in [3.05, 3.63) is 237 Å². The molecule has 0 bridgehead atoms. The molecule has 0 unspecified atom stereocenters. The van der Waals surface area contributed by atoms with Gasteiger partial charge in [-0.05, 0) is 76.9 Å². The number of benzene rings is 10. The SMILES string of the molecule is c1ccc(-n2c(-c3ccc(-c4ccc(-c5ccc(-c6nc7ccccc7n6-c6ccccc6)cc5)c5sc(-c6ccc(-c7cccc8c7sc7ccccc78)cc6)nc45)cc3)nc3ccccc32)cc1. The Morgan fingerprint density at radius 2 is 0.757 bits per heavy atom. The first-order valence-electron chi connectivity index (χ1n) is 23.4. The monoisotopic (exact) mass is 929 g/mol. The number of aromatic nitrogens is 5. The number of thiazole rings is 1. The van der Waals surface area contributed by atoms with Gasteiger partial charge in [-0.25, -0.2) is 15.0 Å². The lowest BCUT2D eigenvalue weighted by Crippen LogP contribution is -1.97. The van der Waals surface area contributed by atoms with Crippen LogP contribution >= 0.6 is 22.7 Å². The van der Waals surface area contributed by atoms with E-state index in [9.17, 15) is 0 Å². The van der Waals surface area contributed by atoms with Crippen LogP contribution in [0.1, 0.15) is 0 Å². The van der Waals surface area contributed by atoms with Crippen LogP contribution in [0.4, 0.5) is 0 Å². The van der Waals surface area contributed by atoms with Gasteiger partial charge in [-0.15, -0.1) is 22.7 Å². The fourth-order valence-electron chi connectivity index (χ4n) is 10.1. The van der Waals surface area contributed by atoms with Crippen molar-refractivity contribution in [2.75, 3.05) is 0 Å². The number of hydrogen-bond acceptors (Lipinski definition) is 5. The van der Waals surface area contributed by atoms with Gasteiger partial charge in [-0.3, -0.25) is 9.13 Å². The minimum atomic E-state index is 0.908. The number of imidazole rings is 2. The summed E-state index contributed by atoms with van der Waals surface area (Å²) in [5, 5.41) is 3.60. The molecule has 10 aromatic carbocycles. The van der Waals surface area contributed by atoms with E-state index in [4.69, 9.17) is 15.0 Å². The smallest absolute Gasteiger partial charge is 0.145 e.